The fraction of sp³-hybridized carbons (Fsp3) is 0.727. The summed E-state index contributed by atoms with van der Waals surface area (Å²) in [6, 6.07) is -1.10. The molecule has 0 saturated carbocycles. The maximum Gasteiger partial charge on any atom is 0.274 e. The summed E-state index contributed by atoms with van der Waals surface area (Å²) in [6.07, 6.45) is 12.0. The molecule has 0 fully saturated rings. The van der Waals surface area contributed by atoms with Crippen molar-refractivity contribution in [3.05, 3.63) is 34.9 Å². The molecule has 0 radical (unpaired) electrons. The van der Waals surface area contributed by atoms with Gasteiger partial charge < -0.3 is 14.0 Å². The third-order valence-corrected chi connectivity index (χ3v) is 9.06. The van der Waals surface area contributed by atoms with E-state index in [9.17, 15) is 17.5 Å². The second kappa shape index (κ2) is 16.0. The first kappa shape index (κ1) is 29.3. The summed E-state index contributed by atoms with van der Waals surface area (Å²) in [5, 5.41) is 0. The van der Waals surface area contributed by atoms with Crippen LogP contribution in [-0.4, -0.2) is 37.7 Å². The van der Waals surface area contributed by atoms with Crippen LogP contribution in [0.25, 0.3) is 0 Å². The third-order valence-electron chi connectivity index (χ3n) is 4.73. The van der Waals surface area contributed by atoms with E-state index in [1.165, 1.54) is 23.8 Å². The van der Waals surface area contributed by atoms with Crippen LogP contribution in [-0.2, 0) is 24.2 Å². The van der Waals surface area contributed by atoms with E-state index in [-0.39, 0.29) is 13.0 Å². The van der Waals surface area contributed by atoms with E-state index in [2.05, 4.69) is 45.9 Å². The van der Waals surface area contributed by atoms with Crippen molar-refractivity contribution in [2.75, 3.05) is 13.7 Å². The topological polar surface area (TPSA) is 89.9 Å². The van der Waals surface area contributed by atoms with E-state index in [4.69, 9.17) is 9.47 Å². The molecule has 0 bridgehead atoms. The highest BCUT2D eigenvalue weighted by molar-refractivity contribution is 7.92. The molecule has 30 heavy (non-hydrogen) atoms. The van der Waals surface area contributed by atoms with Crippen LogP contribution in [0.4, 0.5) is 0 Å². The summed E-state index contributed by atoms with van der Waals surface area (Å²) >= 11 is 0. The summed E-state index contributed by atoms with van der Waals surface area (Å²) in [5.74, 6) is 0. The highest BCUT2D eigenvalue weighted by Gasteiger charge is 2.34. The Morgan fingerprint density at radius 1 is 1.00 bits per heavy atom. The summed E-state index contributed by atoms with van der Waals surface area (Å²) in [5.41, 5.74) is 3.98. The minimum Gasteiger partial charge on any atom is -0.350 e. The molecule has 6 nitrogen and oxygen atoms in total. The van der Waals surface area contributed by atoms with Crippen LogP contribution >= 0.6 is 7.80 Å². The van der Waals surface area contributed by atoms with Gasteiger partial charge >= 0.3 is 0 Å². The molecule has 3 atom stereocenters. The summed E-state index contributed by atoms with van der Waals surface area (Å²) in [4.78, 5) is -1.35. The maximum absolute atomic E-state index is 12.5. The molecular formula is C22H41O6PS. The Hall–Kier alpha value is -0.720. The number of unbranched alkanes of at least 4 members (excludes halogenated alkanes) is 1. The van der Waals surface area contributed by atoms with Gasteiger partial charge in [-0.05, 0) is 79.6 Å². The largest absolute Gasteiger partial charge is 0.350 e. The lowest BCUT2D eigenvalue weighted by Gasteiger charge is -2.20. The van der Waals surface area contributed by atoms with Gasteiger partial charge in [-0.3, -0.25) is 4.55 Å². The Balaban J connectivity index is 4.56. The lowest BCUT2D eigenvalue weighted by Crippen LogP contribution is -2.23. The van der Waals surface area contributed by atoms with Crippen LogP contribution in [0, 0.1) is 0 Å². The molecule has 0 aliphatic heterocycles. The van der Waals surface area contributed by atoms with E-state index in [1.807, 2.05) is 0 Å². The standard InChI is InChI=1S/C22H41O6PS/c1-7-28-22(27-6)29(23)21(30(24,25)26)17-9-8-13-19(4)15-11-16-20(5)14-10-12-18(2)3/h12-13,16,21-22,29H,7-11,14-15,17H2,1-6H3,(H,24,25,26)/b19-13+,20-16+. The molecule has 8 heteroatoms. The SMILES string of the molecule is CCOC(OC)[PH](=O)C(CCC/C=C(\C)CC/C=C(\C)CCC=C(C)C)S(=O)(=O)O. The zero-order valence-corrected chi connectivity index (χ0v) is 21.3. The smallest absolute Gasteiger partial charge is 0.274 e. The first-order chi connectivity index (χ1) is 14.0. The molecule has 0 saturated heterocycles. The van der Waals surface area contributed by atoms with E-state index >= 15 is 0 Å². The summed E-state index contributed by atoms with van der Waals surface area (Å²) < 4.78 is 55.6. The van der Waals surface area contributed by atoms with Gasteiger partial charge in [-0.2, -0.15) is 8.42 Å². The lowest BCUT2D eigenvalue weighted by molar-refractivity contribution is -0.0617. The number of ether oxygens (including phenoxy) is 2. The van der Waals surface area contributed by atoms with E-state index < -0.39 is 28.9 Å². The van der Waals surface area contributed by atoms with Crippen molar-refractivity contribution in [1.82, 2.24) is 0 Å². The zero-order valence-electron chi connectivity index (χ0n) is 19.4. The molecule has 0 aromatic rings. The van der Waals surface area contributed by atoms with E-state index in [0.29, 0.717) is 12.8 Å². The van der Waals surface area contributed by atoms with Crippen LogP contribution in [0.5, 0.6) is 0 Å². The van der Waals surface area contributed by atoms with Crippen molar-refractivity contribution in [2.24, 2.45) is 0 Å². The molecule has 0 aliphatic carbocycles. The Morgan fingerprint density at radius 3 is 2.00 bits per heavy atom. The van der Waals surface area contributed by atoms with Gasteiger partial charge in [0, 0.05) is 13.7 Å². The summed E-state index contributed by atoms with van der Waals surface area (Å²) in [7, 11) is -5.96. The molecule has 176 valence electrons. The van der Waals surface area contributed by atoms with Crippen molar-refractivity contribution in [3.8, 4) is 0 Å². The molecule has 0 amide bonds. The third kappa shape index (κ3) is 13.6. The maximum atomic E-state index is 12.5. The van der Waals surface area contributed by atoms with Gasteiger partial charge in [-0.15, -0.1) is 0 Å². The molecule has 1 N–H and O–H groups in total. The first-order valence-corrected chi connectivity index (χ1v) is 13.7. The van der Waals surface area contributed by atoms with Crippen molar-refractivity contribution in [2.45, 2.75) is 90.6 Å². The lowest BCUT2D eigenvalue weighted by atomic mass is 10.1. The van der Waals surface area contributed by atoms with Crippen LogP contribution in [0.3, 0.4) is 0 Å². The second-order valence-corrected chi connectivity index (χ2v) is 11.8. The van der Waals surface area contributed by atoms with Crippen molar-refractivity contribution >= 4 is 17.9 Å². The van der Waals surface area contributed by atoms with Crippen molar-refractivity contribution < 1.29 is 27.0 Å². The van der Waals surface area contributed by atoms with Crippen molar-refractivity contribution in [3.63, 3.8) is 0 Å². The second-order valence-electron chi connectivity index (χ2n) is 7.82. The average Bonchev–Trinajstić information content (AvgIpc) is 2.64. The number of hydrogen-bond donors (Lipinski definition) is 1. The Bertz CT molecular complexity index is 705. The van der Waals surface area contributed by atoms with E-state index in [1.54, 1.807) is 6.92 Å². The van der Waals surface area contributed by atoms with Gasteiger partial charge in [0.05, 0.1) is 0 Å². The van der Waals surface area contributed by atoms with Gasteiger partial charge in [0.1, 0.15) is 12.8 Å². The average molecular weight is 465 g/mol. The number of allylic oxidation sites excluding steroid dienone is 6. The number of methoxy groups -OCH3 is 1. The van der Waals surface area contributed by atoms with Crippen LogP contribution in [0.2, 0.25) is 0 Å². The van der Waals surface area contributed by atoms with Crippen LogP contribution < -0.4 is 0 Å². The van der Waals surface area contributed by atoms with Gasteiger partial charge in [0.15, 0.2) is 0 Å². The summed E-state index contributed by atoms with van der Waals surface area (Å²) in [6.45, 7) is 10.4. The fourth-order valence-electron chi connectivity index (χ4n) is 3.00. The van der Waals surface area contributed by atoms with Gasteiger partial charge in [-0.1, -0.05) is 34.9 Å². The van der Waals surface area contributed by atoms with E-state index in [0.717, 1.165) is 25.7 Å². The minimum atomic E-state index is -4.43. The Kier molecular flexibility index (Phi) is 15.6. The molecule has 0 aromatic heterocycles. The highest BCUT2D eigenvalue weighted by atomic mass is 32.2. The zero-order chi connectivity index (χ0) is 23.2. The molecule has 0 aromatic carbocycles. The van der Waals surface area contributed by atoms with Gasteiger partial charge in [-0.25, -0.2) is 0 Å². The monoisotopic (exact) mass is 464 g/mol. The Morgan fingerprint density at radius 2 is 1.53 bits per heavy atom. The van der Waals surface area contributed by atoms with Crippen LogP contribution in [0.1, 0.15) is 79.6 Å². The number of hydrogen-bond acceptors (Lipinski definition) is 5. The molecule has 0 rings (SSSR count). The normalized spacial score (nSPS) is 16.2. The minimum absolute atomic E-state index is 0.108. The Labute approximate surface area is 184 Å². The molecule has 3 unspecified atom stereocenters. The molecule has 0 heterocycles. The predicted molar refractivity (Wildman–Crippen MR) is 126 cm³/mol. The molecule has 0 spiro atoms. The highest BCUT2D eigenvalue weighted by Crippen LogP contribution is 2.40. The van der Waals surface area contributed by atoms with Crippen molar-refractivity contribution in [1.29, 1.82) is 0 Å². The fourth-order valence-corrected chi connectivity index (χ4v) is 6.33. The predicted octanol–water partition coefficient (Wildman–Crippen LogP) is 6.32. The van der Waals surface area contributed by atoms with Gasteiger partial charge in [0.2, 0.25) is 6.03 Å². The quantitative estimate of drug-likeness (QED) is 0.0945. The van der Waals surface area contributed by atoms with Crippen LogP contribution in [0.15, 0.2) is 34.9 Å². The first-order valence-electron chi connectivity index (χ1n) is 10.6. The molecule has 0 aliphatic rings. The number of rotatable bonds is 16. The molecular weight excluding hydrogens is 423 g/mol. The van der Waals surface area contributed by atoms with Gasteiger partial charge in [0.25, 0.3) is 10.1 Å².